The van der Waals surface area contributed by atoms with Crippen LogP contribution in [0.5, 0.6) is 0 Å². The van der Waals surface area contributed by atoms with Gasteiger partial charge in [0.15, 0.2) is 5.82 Å². The van der Waals surface area contributed by atoms with Gasteiger partial charge in [0.2, 0.25) is 5.91 Å². The first-order valence-corrected chi connectivity index (χ1v) is 6.79. The number of hydrogen-bond acceptors (Lipinski definition) is 4. The van der Waals surface area contributed by atoms with Gasteiger partial charge in [-0.25, -0.2) is 4.98 Å². The molecule has 0 aliphatic carbocycles. The highest BCUT2D eigenvalue weighted by Gasteiger charge is 2.10. The number of aromatic nitrogens is 4. The molecule has 0 aliphatic rings. The first-order chi connectivity index (χ1) is 10.5. The Kier molecular flexibility index (Phi) is 3.46. The Labute approximate surface area is 126 Å². The normalized spacial score (nSPS) is 10.8. The number of amides is 1. The molecule has 112 valence electrons. The van der Waals surface area contributed by atoms with Gasteiger partial charge >= 0.3 is 0 Å². The molecule has 22 heavy (non-hydrogen) atoms. The Hall–Kier alpha value is -2.96. The lowest BCUT2D eigenvalue weighted by Crippen LogP contribution is -2.28. The van der Waals surface area contributed by atoms with Crippen molar-refractivity contribution in [2.45, 2.75) is 13.5 Å². The number of rotatable bonds is 3. The molecule has 7 heteroatoms. The van der Waals surface area contributed by atoms with Crippen molar-refractivity contribution in [3.05, 3.63) is 52.7 Å². The van der Waals surface area contributed by atoms with Crippen molar-refractivity contribution in [2.24, 2.45) is 7.05 Å². The Balaban J connectivity index is 1.86. The maximum Gasteiger partial charge on any atom is 0.261 e. The summed E-state index contributed by atoms with van der Waals surface area (Å²) in [7, 11) is 1.76. The summed E-state index contributed by atoms with van der Waals surface area (Å²) >= 11 is 0. The lowest BCUT2D eigenvalue weighted by atomic mass is 10.1. The third kappa shape index (κ3) is 2.60. The molecular formula is C15H15N5O2. The van der Waals surface area contributed by atoms with Crippen molar-refractivity contribution in [3.63, 3.8) is 0 Å². The molecule has 1 aromatic carbocycles. The van der Waals surface area contributed by atoms with Crippen LogP contribution >= 0.6 is 0 Å². The lowest BCUT2D eigenvalue weighted by Gasteiger charge is -2.07. The molecule has 7 nitrogen and oxygen atoms in total. The minimum Gasteiger partial charge on any atom is -0.308 e. The maximum absolute atomic E-state index is 12.4. The summed E-state index contributed by atoms with van der Waals surface area (Å²) in [5.74, 6) is 0.125. The zero-order valence-electron chi connectivity index (χ0n) is 12.3. The van der Waals surface area contributed by atoms with E-state index < -0.39 is 0 Å². The van der Waals surface area contributed by atoms with Crippen LogP contribution < -0.4 is 10.9 Å². The average molecular weight is 297 g/mol. The van der Waals surface area contributed by atoms with Gasteiger partial charge in [0, 0.05) is 19.3 Å². The molecule has 0 bridgehead atoms. The summed E-state index contributed by atoms with van der Waals surface area (Å²) < 4.78 is 2.88. The molecular weight excluding hydrogens is 282 g/mol. The Morgan fingerprint density at radius 3 is 2.86 bits per heavy atom. The number of benzene rings is 1. The van der Waals surface area contributed by atoms with Crippen LogP contribution in [0.3, 0.4) is 0 Å². The molecule has 0 spiro atoms. The molecule has 0 fully saturated rings. The Bertz CT molecular complexity index is 910. The van der Waals surface area contributed by atoms with Crippen LogP contribution in [-0.2, 0) is 18.4 Å². The first-order valence-electron chi connectivity index (χ1n) is 6.79. The molecule has 3 aromatic rings. The zero-order chi connectivity index (χ0) is 15.7. The molecule has 0 aliphatic heterocycles. The number of nitrogens with one attached hydrogen (secondary N) is 1. The van der Waals surface area contributed by atoms with E-state index in [1.807, 2.05) is 13.0 Å². The van der Waals surface area contributed by atoms with Crippen LogP contribution in [0.25, 0.3) is 10.9 Å². The highest BCUT2D eigenvalue weighted by molar-refractivity contribution is 5.89. The van der Waals surface area contributed by atoms with Crippen LogP contribution in [0.15, 0.2) is 41.6 Å². The summed E-state index contributed by atoms with van der Waals surface area (Å²) in [5, 5.41) is 7.20. The van der Waals surface area contributed by atoms with E-state index in [1.165, 1.54) is 10.9 Å². The molecule has 0 saturated heterocycles. The number of nitrogens with zero attached hydrogens (tertiary/aromatic N) is 4. The van der Waals surface area contributed by atoms with Gasteiger partial charge in [0.05, 0.1) is 17.2 Å². The van der Waals surface area contributed by atoms with Gasteiger partial charge in [-0.3, -0.25) is 18.8 Å². The predicted octanol–water partition coefficient (Wildman–Crippen LogP) is 1.08. The third-order valence-electron chi connectivity index (χ3n) is 3.35. The smallest absolute Gasteiger partial charge is 0.261 e. The molecule has 0 saturated carbocycles. The van der Waals surface area contributed by atoms with E-state index in [2.05, 4.69) is 15.4 Å². The lowest BCUT2D eigenvalue weighted by molar-refractivity contribution is -0.116. The fourth-order valence-corrected chi connectivity index (χ4v) is 2.27. The highest BCUT2D eigenvalue weighted by atomic mass is 16.2. The van der Waals surface area contributed by atoms with Crippen LogP contribution in [0.4, 0.5) is 5.82 Å². The second-order valence-electron chi connectivity index (χ2n) is 5.07. The monoisotopic (exact) mass is 297 g/mol. The fraction of sp³-hybridized carbons (Fsp3) is 0.200. The van der Waals surface area contributed by atoms with E-state index in [4.69, 9.17) is 0 Å². The van der Waals surface area contributed by atoms with E-state index in [9.17, 15) is 9.59 Å². The highest BCUT2D eigenvalue weighted by Crippen LogP contribution is 2.11. The first kappa shape index (κ1) is 14.0. The fourth-order valence-electron chi connectivity index (χ4n) is 2.27. The van der Waals surface area contributed by atoms with Gasteiger partial charge in [0.1, 0.15) is 6.54 Å². The van der Waals surface area contributed by atoms with Crippen LogP contribution in [0.1, 0.15) is 5.56 Å². The zero-order valence-corrected chi connectivity index (χ0v) is 12.3. The number of fused-ring (bicyclic) bond motifs is 1. The van der Waals surface area contributed by atoms with E-state index >= 15 is 0 Å². The largest absolute Gasteiger partial charge is 0.308 e. The van der Waals surface area contributed by atoms with Gasteiger partial charge < -0.3 is 5.32 Å². The third-order valence-corrected chi connectivity index (χ3v) is 3.35. The van der Waals surface area contributed by atoms with Crippen molar-refractivity contribution < 1.29 is 4.79 Å². The van der Waals surface area contributed by atoms with Gasteiger partial charge in [0.25, 0.3) is 5.56 Å². The number of para-hydroxylation sites is 1. The van der Waals surface area contributed by atoms with Crippen LogP contribution in [-0.4, -0.2) is 25.2 Å². The summed E-state index contributed by atoms with van der Waals surface area (Å²) in [6.45, 7) is 1.79. The Morgan fingerprint density at radius 2 is 2.14 bits per heavy atom. The van der Waals surface area contributed by atoms with E-state index in [1.54, 1.807) is 36.1 Å². The minimum atomic E-state index is -0.324. The molecule has 0 unspecified atom stereocenters. The molecule has 0 atom stereocenters. The summed E-state index contributed by atoms with van der Waals surface area (Å²) in [5.41, 5.74) is 1.36. The van der Waals surface area contributed by atoms with Gasteiger partial charge in [-0.15, -0.1) is 0 Å². The van der Waals surface area contributed by atoms with Crippen molar-refractivity contribution in [1.29, 1.82) is 0 Å². The van der Waals surface area contributed by atoms with Crippen LogP contribution in [0.2, 0.25) is 0 Å². The number of aryl methyl sites for hydroxylation is 2. The van der Waals surface area contributed by atoms with Crippen molar-refractivity contribution in [2.75, 3.05) is 5.32 Å². The predicted molar refractivity (Wildman–Crippen MR) is 82.6 cm³/mol. The maximum atomic E-state index is 12.4. The molecule has 2 heterocycles. The SMILES string of the molecule is Cc1cccc2c(=O)n(CC(=O)Nc3ccn(C)n3)cnc12. The number of anilines is 1. The molecule has 0 radical (unpaired) electrons. The van der Waals surface area contributed by atoms with Gasteiger partial charge in [-0.1, -0.05) is 12.1 Å². The Morgan fingerprint density at radius 1 is 1.32 bits per heavy atom. The summed E-state index contributed by atoms with van der Waals surface area (Å²) in [4.78, 5) is 28.7. The minimum absolute atomic E-state index is 0.105. The van der Waals surface area contributed by atoms with E-state index in [0.717, 1.165) is 5.56 Å². The second-order valence-corrected chi connectivity index (χ2v) is 5.07. The van der Waals surface area contributed by atoms with Gasteiger partial charge in [-0.2, -0.15) is 5.10 Å². The second kappa shape index (κ2) is 5.44. The van der Waals surface area contributed by atoms with E-state index in [-0.39, 0.29) is 18.0 Å². The van der Waals surface area contributed by atoms with Crippen LogP contribution in [0, 0.1) is 6.92 Å². The van der Waals surface area contributed by atoms with Gasteiger partial charge in [-0.05, 0) is 18.6 Å². The standard InChI is InChI=1S/C15H15N5O2/c1-10-4-3-5-11-14(10)16-9-20(15(11)22)8-13(21)17-12-6-7-19(2)18-12/h3-7,9H,8H2,1-2H3,(H,17,18,21). The molecule has 1 amide bonds. The van der Waals surface area contributed by atoms with Crippen molar-refractivity contribution >= 4 is 22.6 Å². The summed E-state index contributed by atoms with van der Waals surface area (Å²) in [6, 6.07) is 7.10. The topological polar surface area (TPSA) is 81.8 Å². The molecule has 3 rings (SSSR count). The van der Waals surface area contributed by atoms with E-state index in [0.29, 0.717) is 16.7 Å². The van der Waals surface area contributed by atoms with Crippen molar-refractivity contribution in [3.8, 4) is 0 Å². The number of carbonyl (C=O) groups excluding carboxylic acids is 1. The molecule has 1 N–H and O–H groups in total. The average Bonchev–Trinajstić information content (AvgIpc) is 2.88. The quantitative estimate of drug-likeness (QED) is 0.784. The number of carbonyl (C=O) groups is 1. The van der Waals surface area contributed by atoms with Crippen molar-refractivity contribution in [1.82, 2.24) is 19.3 Å². The molecule has 2 aromatic heterocycles. The number of hydrogen-bond donors (Lipinski definition) is 1. The summed E-state index contributed by atoms with van der Waals surface area (Å²) in [6.07, 6.45) is 3.12.